The van der Waals surface area contributed by atoms with Crippen molar-refractivity contribution in [2.75, 3.05) is 20.0 Å². The van der Waals surface area contributed by atoms with Gasteiger partial charge in [0.05, 0.1) is 32.3 Å². The van der Waals surface area contributed by atoms with Crippen LogP contribution in [0.25, 0.3) is 11.3 Å². The highest BCUT2D eigenvalue weighted by Crippen LogP contribution is 2.26. The Labute approximate surface area is 163 Å². The lowest BCUT2D eigenvalue weighted by Gasteiger charge is -2.00. The predicted molar refractivity (Wildman–Crippen MR) is 111 cm³/mol. The zero-order chi connectivity index (χ0) is 19.1. The standard InChI is InChI=1S/C21H21N3O2S/c1-4-13-27-21-23-20(17-7-11-19(26-3)12-8-17)15-24(21)22-14-16-5-9-18(25-2)10-6-16/h4-12,14-15H,1,13H2,2-3H3/b22-14+. The van der Waals surface area contributed by atoms with E-state index in [-0.39, 0.29) is 0 Å². The molecule has 5 nitrogen and oxygen atoms in total. The summed E-state index contributed by atoms with van der Waals surface area (Å²) in [5.41, 5.74) is 2.85. The molecule has 0 amide bonds. The quantitative estimate of drug-likeness (QED) is 0.323. The fourth-order valence-corrected chi connectivity index (χ4v) is 3.05. The fourth-order valence-electron chi connectivity index (χ4n) is 2.39. The Morgan fingerprint density at radius 2 is 1.67 bits per heavy atom. The highest BCUT2D eigenvalue weighted by Gasteiger charge is 2.09. The highest BCUT2D eigenvalue weighted by molar-refractivity contribution is 7.99. The second-order valence-corrected chi connectivity index (χ2v) is 6.59. The van der Waals surface area contributed by atoms with Crippen LogP contribution in [0.4, 0.5) is 0 Å². The first kappa shape index (κ1) is 18.8. The van der Waals surface area contributed by atoms with E-state index in [1.165, 1.54) is 0 Å². The van der Waals surface area contributed by atoms with Gasteiger partial charge in [-0.05, 0) is 54.1 Å². The molecule has 0 aliphatic carbocycles. The normalized spacial score (nSPS) is 10.9. The molecule has 0 radical (unpaired) electrons. The van der Waals surface area contributed by atoms with E-state index < -0.39 is 0 Å². The minimum absolute atomic E-state index is 0.761. The summed E-state index contributed by atoms with van der Waals surface area (Å²) in [7, 11) is 3.31. The van der Waals surface area contributed by atoms with Gasteiger partial charge in [-0.3, -0.25) is 0 Å². The fraction of sp³-hybridized carbons (Fsp3) is 0.143. The van der Waals surface area contributed by atoms with Gasteiger partial charge in [0, 0.05) is 11.3 Å². The van der Waals surface area contributed by atoms with Crippen LogP contribution < -0.4 is 9.47 Å². The summed E-state index contributed by atoms with van der Waals surface area (Å²) in [6.45, 7) is 3.78. The third kappa shape index (κ3) is 4.80. The third-order valence-electron chi connectivity index (χ3n) is 3.82. The molecule has 6 heteroatoms. The molecule has 0 aliphatic rings. The van der Waals surface area contributed by atoms with Gasteiger partial charge < -0.3 is 9.47 Å². The summed E-state index contributed by atoms with van der Waals surface area (Å²) in [5, 5.41) is 5.38. The Bertz CT molecular complexity index is 916. The average Bonchev–Trinajstić information content (AvgIpc) is 3.14. The largest absolute Gasteiger partial charge is 0.497 e. The second-order valence-electron chi connectivity index (χ2n) is 5.60. The zero-order valence-corrected chi connectivity index (χ0v) is 16.1. The van der Waals surface area contributed by atoms with Gasteiger partial charge in [-0.25, -0.2) is 9.66 Å². The lowest BCUT2D eigenvalue weighted by molar-refractivity contribution is 0.414. The van der Waals surface area contributed by atoms with Crippen LogP contribution in [0, 0.1) is 0 Å². The van der Waals surface area contributed by atoms with Gasteiger partial charge in [-0.1, -0.05) is 17.8 Å². The van der Waals surface area contributed by atoms with E-state index in [0.717, 1.165) is 39.2 Å². The van der Waals surface area contributed by atoms with Gasteiger partial charge in [0.1, 0.15) is 11.5 Å². The van der Waals surface area contributed by atoms with Crippen LogP contribution >= 0.6 is 11.8 Å². The first-order chi connectivity index (χ1) is 13.2. The molecule has 0 fully saturated rings. The van der Waals surface area contributed by atoms with E-state index in [1.54, 1.807) is 36.9 Å². The molecule has 0 unspecified atom stereocenters. The molecule has 3 rings (SSSR count). The Balaban J connectivity index is 1.88. The number of rotatable bonds is 8. The maximum absolute atomic E-state index is 5.22. The van der Waals surface area contributed by atoms with E-state index in [2.05, 4.69) is 11.7 Å². The lowest BCUT2D eigenvalue weighted by Crippen LogP contribution is -1.92. The summed E-state index contributed by atoms with van der Waals surface area (Å²) in [5.74, 6) is 2.40. The van der Waals surface area contributed by atoms with Crippen LogP contribution in [0.1, 0.15) is 5.56 Å². The maximum atomic E-state index is 5.22. The van der Waals surface area contributed by atoms with Crippen molar-refractivity contribution in [2.24, 2.45) is 5.10 Å². The summed E-state index contributed by atoms with van der Waals surface area (Å²) in [4.78, 5) is 4.72. The summed E-state index contributed by atoms with van der Waals surface area (Å²) in [6, 6.07) is 15.6. The van der Waals surface area contributed by atoms with E-state index in [9.17, 15) is 0 Å². The van der Waals surface area contributed by atoms with Gasteiger partial charge in [-0.15, -0.1) is 6.58 Å². The highest BCUT2D eigenvalue weighted by atomic mass is 32.2. The Kier molecular flexibility index (Phi) is 6.33. The number of thioether (sulfide) groups is 1. The second kappa shape index (κ2) is 9.09. The van der Waals surface area contributed by atoms with Gasteiger partial charge in [0.25, 0.3) is 0 Å². The van der Waals surface area contributed by atoms with Crippen LogP contribution in [-0.2, 0) is 0 Å². The summed E-state index contributed by atoms with van der Waals surface area (Å²) >= 11 is 1.59. The Hall–Kier alpha value is -2.99. The number of ether oxygens (including phenoxy) is 2. The molecule has 0 atom stereocenters. The molecule has 1 heterocycles. The van der Waals surface area contributed by atoms with E-state index in [0.29, 0.717) is 0 Å². The van der Waals surface area contributed by atoms with Crippen LogP contribution in [0.5, 0.6) is 11.5 Å². The van der Waals surface area contributed by atoms with E-state index in [1.807, 2.05) is 60.8 Å². The molecule has 0 saturated carbocycles. The summed E-state index contributed by atoms with van der Waals surface area (Å²) < 4.78 is 12.2. The Morgan fingerprint density at radius 3 is 2.26 bits per heavy atom. The molecule has 0 aliphatic heterocycles. The molecule has 27 heavy (non-hydrogen) atoms. The van der Waals surface area contributed by atoms with Gasteiger partial charge in [-0.2, -0.15) is 5.10 Å². The van der Waals surface area contributed by atoms with Crippen LogP contribution in [0.2, 0.25) is 0 Å². The van der Waals surface area contributed by atoms with Crippen molar-refractivity contribution in [2.45, 2.75) is 5.16 Å². The monoisotopic (exact) mass is 379 g/mol. The van der Waals surface area contributed by atoms with Gasteiger partial charge in [0.2, 0.25) is 0 Å². The van der Waals surface area contributed by atoms with Crippen molar-refractivity contribution in [3.05, 3.63) is 72.9 Å². The molecule has 0 spiro atoms. The predicted octanol–water partition coefficient (Wildman–Crippen LogP) is 4.73. The first-order valence-corrected chi connectivity index (χ1v) is 9.38. The number of hydrogen-bond donors (Lipinski definition) is 0. The van der Waals surface area contributed by atoms with Gasteiger partial charge in [0.15, 0.2) is 5.16 Å². The van der Waals surface area contributed by atoms with Crippen molar-refractivity contribution in [3.63, 3.8) is 0 Å². The number of benzene rings is 2. The lowest BCUT2D eigenvalue weighted by atomic mass is 10.2. The van der Waals surface area contributed by atoms with Crippen molar-refractivity contribution in [1.29, 1.82) is 0 Å². The molecule has 3 aromatic rings. The third-order valence-corrected chi connectivity index (χ3v) is 4.76. The van der Waals surface area contributed by atoms with Crippen molar-refractivity contribution < 1.29 is 9.47 Å². The number of imidazole rings is 1. The summed E-state index contributed by atoms with van der Waals surface area (Å²) in [6.07, 6.45) is 5.58. The molecular formula is C21H21N3O2S. The molecule has 2 aromatic carbocycles. The molecule has 0 N–H and O–H groups in total. The van der Waals surface area contributed by atoms with Crippen molar-refractivity contribution >= 4 is 18.0 Å². The molecule has 0 bridgehead atoms. The molecule has 0 saturated heterocycles. The maximum Gasteiger partial charge on any atom is 0.189 e. The Morgan fingerprint density at radius 1 is 1.04 bits per heavy atom. The zero-order valence-electron chi connectivity index (χ0n) is 15.3. The van der Waals surface area contributed by atoms with Crippen molar-refractivity contribution in [3.8, 4) is 22.8 Å². The minimum Gasteiger partial charge on any atom is -0.497 e. The molecule has 1 aromatic heterocycles. The van der Waals surface area contributed by atoms with Crippen LogP contribution in [-0.4, -0.2) is 35.8 Å². The van der Waals surface area contributed by atoms with Crippen LogP contribution in [0.3, 0.4) is 0 Å². The van der Waals surface area contributed by atoms with Crippen molar-refractivity contribution in [1.82, 2.24) is 9.66 Å². The van der Waals surface area contributed by atoms with E-state index >= 15 is 0 Å². The number of nitrogens with zero attached hydrogens (tertiary/aromatic N) is 3. The molecule has 138 valence electrons. The minimum atomic E-state index is 0.761. The number of methoxy groups -OCH3 is 2. The number of aromatic nitrogens is 2. The first-order valence-electron chi connectivity index (χ1n) is 8.39. The van der Waals surface area contributed by atoms with Crippen LogP contribution in [0.15, 0.2) is 77.6 Å². The smallest absolute Gasteiger partial charge is 0.189 e. The number of hydrogen-bond acceptors (Lipinski definition) is 5. The molecular weight excluding hydrogens is 358 g/mol. The van der Waals surface area contributed by atoms with Gasteiger partial charge >= 0.3 is 0 Å². The average molecular weight is 379 g/mol. The van der Waals surface area contributed by atoms with E-state index in [4.69, 9.17) is 14.5 Å². The topological polar surface area (TPSA) is 48.6 Å². The SMILES string of the molecule is C=CCSc1nc(-c2ccc(OC)cc2)cn1/N=C/c1ccc(OC)cc1.